The van der Waals surface area contributed by atoms with E-state index < -0.39 is 11.6 Å². The molecule has 15 heavy (non-hydrogen) atoms. The summed E-state index contributed by atoms with van der Waals surface area (Å²) in [5.41, 5.74) is -0.434. The molecular weight excluding hydrogens is 197 g/mol. The maximum atomic E-state index is 13.2. The van der Waals surface area contributed by atoms with Crippen molar-refractivity contribution < 1.29 is 14.3 Å². The van der Waals surface area contributed by atoms with Crippen LogP contribution in [0.5, 0.6) is 0 Å². The fourth-order valence-corrected chi connectivity index (χ4v) is 1.30. The first kappa shape index (κ1) is 11.8. The number of aryl methyl sites for hydroxylation is 1. The summed E-state index contributed by atoms with van der Waals surface area (Å²) in [6.45, 7) is 3.65. The number of halogens is 1. The Morgan fingerprint density at radius 3 is 2.80 bits per heavy atom. The van der Waals surface area contributed by atoms with Gasteiger partial charge in [-0.3, -0.25) is 4.79 Å². The molecule has 0 aromatic carbocycles. The average Bonchev–Trinajstić information content (AvgIpc) is 2.46. The van der Waals surface area contributed by atoms with Gasteiger partial charge < -0.3 is 9.67 Å². The molecule has 1 rings (SSSR count). The number of rotatable bonds is 5. The fraction of sp³-hybridized carbons (Fsp3) is 0.545. The lowest BCUT2D eigenvalue weighted by atomic mass is 10.1. The van der Waals surface area contributed by atoms with Gasteiger partial charge in [-0.1, -0.05) is 0 Å². The van der Waals surface area contributed by atoms with Crippen LogP contribution in [0.2, 0.25) is 0 Å². The second kappa shape index (κ2) is 4.47. The van der Waals surface area contributed by atoms with Crippen LogP contribution in [0, 0.1) is 0 Å². The third-order valence-electron chi connectivity index (χ3n) is 2.13. The quantitative estimate of drug-likeness (QED) is 0.815. The van der Waals surface area contributed by atoms with Crippen LogP contribution in [0.25, 0.3) is 0 Å². The molecule has 0 fully saturated rings. The summed E-state index contributed by atoms with van der Waals surface area (Å²) < 4.78 is 15.0. The lowest BCUT2D eigenvalue weighted by Crippen LogP contribution is -2.14. The van der Waals surface area contributed by atoms with E-state index in [1.807, 2.05) is 4.57 Å². The Balaban J connectivity index is 2.50. The van der Waals surface area contributed by atoms with Crippen LogP contribution in [-0.4, -0.2) is 21.3 Å². The van der Waals surface area contributed by atoms with Crippen LogP contribution >= 0.6 is 0 Å². The van der Waals surface area contributed by atoms with Gasteiger partial charge >= 0.3 is 5.97 Å². The highest BCUT2D eigenvalue weighted by atomic mass is 19.1. The maximum absolute atomic E-state index is 13.2. The monoisotopic (exact) mass is 213 g/mol. The van der Waals surface area contributed by atoms with Crippen LogP contribution < -0.4 is 0 Å². The third kappa shape index (κ3) is 4.63. The largest absolute Gasteiger partial charge is 0.481 e. The summed E-state index contributed by atoms with van der Waals surface area (Å²) in [6, 6.07) is 1.75. The zero-order valence-corrected chi connectivity index (χ0v) is 9.03. The predicted octanol–water partition coefficient (Wildman–Crippen LogP) is 2.25. The van der Waals surface area contributed by atoms with Crippen molar-refractivity contribution in [2.45, 2.75) is 38.9 Å². The Kier molecular flexibility index (Phi) is 3.50. The molecular formula is C11H16FNO2. The molecule has 0 saturated heterocycles. The van der Waals surface area contributed by atoms with E-state index >= 15 is 0 Å². The van der Waals surface area contributed by atoms with Gasteiger partial charge in [0.1, 0.15) is 5.67 Å². The van der Waals surface area contributed by atoms with Crippen molar-refractivity contribution in [1.29, 1.82) is 0 Å². The highest BCUT2D eigenvalue weighted by molar-refractivity contribution is 5.69. The minimum atomic E-state index is -1.18. The summed E-state index contributed by atoms with van der Waals surface area (Å²) in [5.74, 6) is -0.849. The fourth-order valence-electron chi connectivity index (χ4n) is 1.30. The molecule has 1 aromatic heterocycles. The highest BCUT2D eigenvalue weighted by Gasteiger charge is 2.14. The number of carboxylic acids is 1. The summed E-state index contributed by atoms with van der Waals surface area (Å²) >= 11 is 0. The second-order valence-electron chi connectivity index (χ2n) is 4.30. The van der Waals surface area contributed by atoms with Gasteiger partial charge in [0.2, 0.25) is 0 Å². The van der Waals surface area contributed by atoms with E-state index in [0.29, 0.717) is 13.0 Å². The molecule has 0 amide bonds. The average molecular weight is 213 g/mol. The van der Waals surface area contributed by atoms with Gasteiger partial charge in [0.05, 0.1) is 6.42 Å². The minimum absolute atomic E-state index is 0.0199. The topological polar surface area (TPSA) is 42.2 Å². The summed E-state index contributed by atoms with van der Waals surface area (Å²) in [6.07, 6.45) is 3.98. The van der Waals surface area contributed by atoms with Crippen molar-refractivity contribution in [2.75, 3.05) is 0 Å². The van der Waals surface area contributed by atoms with Crippen molar-refractivity contribution in [3.05, 3.63) is 24.0 Å². The molecule has 0 spiro atoms. The molecule has 0 radical (unpaired) electrons. The predicted molar refractivity (Wildman–Crippen MR) is 55.6 cm³/mol. The SMILES string of the molecule is CC(C)(F)CCn1ccc(CC(=O)O)c1. The Morgan fingerprint density at radius 2 is 2.27 bits per heavy atom. The minimum Gasteiger partial charge on any atom is -0.481 e. The van der Waals surface area contributed by atoms with E-state index in [2.05, 4.69) is 0 Å². The van der Waals surface area contributed by atoms with Gasteiger partial charge in [0.15, 0.2) is 0 Å². The standard InChI is InChI=1S/C11H16FNO2/c1-11(2,12)4-6-13-5-3-9(8-13)7-10(14)15/h3,5,8H,4,6-7H2,1-2H3,(H,14,15). The lowest BCUT2D eigenvalue weighted by Gasteiger charge is -2.13. The van der Waals surface area contributed by atoms with Gasteiger partial charge in [-0.2, -0.15) is 0 Å². The molecule has 3 nitrogen and oxygen atoms in total. The van der Waals surface area contributed by atoms with Crippen molar-refractivity contribution in [3.8, 4) is 0 Å². The number of nitrogens with zero attached hydrogens (tertiary/aromatic N) is 1. The number of hydrogen-bond donors (Lipinski definition) is 1. The Hall–Kier alpha value is -1.32. The molecule has 0 saturated carbocycles. The summed E-state index contributed by atoms with van der Waals surface area (Å²) in [4.78, 5) is 10.4. The van der Waals surface area contributed by atoms with E-state index in [4.69, 9.17) is 5.11 Å². The smallest absolute Gasteiger partial charge is 0.307 e. The van der Waals surface area contributed by atoms with Crippen LogP contribution in [0.3, 0.4) is 0 Å². The Labute approximate surface area is 88.5 Å². The van der Waals surface area contributed by atoms with E-state index in [1.54, 1.807) is 18.5 Å². The van der Waals surface area contributed by atoms with Crippen LogP contribution in [0.15, 0.2) is 18.5 Å². The first-order valence-electron chi connectivity index (χ1n) is 4.92. The highest BCUT2D eigenvalue weighted by Crippen LogP contribution is 2.15. The van der Waals surface area contributed by atoms with Gasteiger partial charge in [0.25, 0.3) is 0 Å². The molecule has 1 heterocycles. The number of alkyl halides is 1. The summed E-state index contributed by atoms with van der Waals surface area (Å²) in [7, 11) is 0. The molecule has 4 heteroatoms. The molecule has 0 atom stereocenters. The molecule has 0 aliphatic heterocycles. The molecule has 1 N–H and O–H groups in total. The molecule has 1 aromatic rings. The van der Waals surface area contributed by atoms with Crippen LogP contribution in [0.4, 0.5) is 4.39 Å². The van der Waals surface area contributed by atoms with Gasteiger partial charge in [-0.15, -0.1) is 0 Å². The van der Waals surface area contributed by atoms with Crippen LogP contribution in [0.1, 0.15) is 25.8 Å². The number of carboxylic acid groups (broad SMARTS) is 1. The van der Waals surface area contributed by atoms with Crippen molar-refractivity contribution >= 4 is 5.97 Å². The second-order valence-corrected chi connectivity index (χ2v) is 4.30. The van der Waals surface area contributed by atoms with Gasteiger partial charge in [0, 0.05) is 18.9 Å². The Morgan fingerprint density at radius 1 is 1.60 bits per heavy atom. The van der Waals surface area contributed by atoms with Crippen molar-refractivity contribution in [3.63, 3.8) is 0 Å². The molecule has 0 aliphatic carbocycles. The third-order valence-corrected chi connectivity index (χ3v) is 2.13. The zero-order chi connectivity index (χ0) is 11.5. The van der Waals surface area contributed by atoms with Gasteiger partial charge in [-0.25, -0.2) is 4.39 Å². The van der Waals surface area contributed by atoms with E-state index in [-0.39, 0.29) is 6.42 Å². The number of carbonyl (C=O) groups is 1. The number of aromatic nitrogens is 1. The molecule has 84 valence electrons. The van der Waals surface area contributed by atoms with Crippen molar-refractivity contribution in [2.24, 2.45) is 0 Å². The van der Waals surface area contributed by atoms with Crippen molar-refractivity contribution in [1.82, 2.24) is 4.57 Å². The summed E-state index contributed by atoms with van der Waals surface area (Å²) in [5, 5.41) is 8.57. The lowest BCUT2D eigenvalue weighted by molar-refractivity contribution is -0.136. The van der Waals surface area contributed by atoms with E-state index in [0.717, 1.165) is 5.56 Å². The van der Waals surface area contributed by atoms with Crippen LogP contribution in [-0.2, 0) is 17.8 Å². The first-order chi connectivity index (χ1) is 6.87. The first-order valence-corrected chi connectivity index (χ1v) is 4.92. The van der Waals surface area contributed by atoms with Gasteiger partial charge in [-0.05, 0) is 31.9 Å². The number of hydrogen-bond acceptors (Lipinski definition) is 1. The van der Waals surface area contributed by atoms with E-state index in [9.17, 15) is 9.18 Å². The molecule has 0 unspecified atom stereocenters. The number of aliphatic carboxylic acids is 1. The molecule has 0 bridgehead atoms. The normalized spacial score (nSPS) is 11.7. The van der Waals surface area contributed by atoms with E-state index in [1.165, 1.54) is 13.8 Å². The molecule has 0 aliphatic rings. The Bertz CT molecular complexity index is 339. The maximum Gasteiger partial charge on any atom is 0.307 e. The zero-order valence-electron chi connectivity index (χ0n) is 9.03.